The number of unbranched alkanes of at least 4 members (excludes halogenated alkanes) is 4. The predicted molar refractivity (Wildman–Crippen MR) is 144 cm³/mol. The van der Waals surface area contributed by atoms with Crippen LogP contribution in [0.5, 0.6) is 0 Å². The van der Waals surface area contributed by atoms with E-state index in [-0.39, 0.29) is 0 Å². The highest BCUT2D eigenvalue weighted by Crippen LogP contribution is 2.26. The van der Waals surface area contributed by atoms with E-state index in [2.05, 4.69) is 12.2 Å². The van der Waals surface area contributed by atoms with Crippen molar-refractivity contribution in [2.24, 2.45) is 11.8 Å². The Bertz CT molecular complexity index is 380. The molecule has 0 bridgehead atoms. The third kappa shape index (κ3) is 15.0. The SMILES string of the molecule is CC1CCCCCCCCCC1NCCCCCCCC1CCCCCCCCCCC1. The smallest absolute Gasteiger partial charge is 0.00926 e. The minimum Gasteiger partial charge on any atom is -0.314 e. The molecule has 32 heavy (non-hydrogen) atoms. The Labute approximate surface area is 203 Å². The predicted octanol–water partition coefficient (Wildman–Crippen LogP) is 10.4. The third-order valence-electron chi connectivity index (χ3n) is 8.78. The van der Waals surface area contributed by atoms with Gasteiger partial charge in [-0.2, -0.15) is 0 Å². The molecular weight excluding hydrogens is 386 g/mol. The van der Waals surface area contributed by atoms with Crippen molar-refractivity contribution in [2.75, 3.05) is 6.54 Å². The van der Waals surface area contributed by atoms with E-state index in [1.54, 1.807) is 0 Å². The van der Waals surface area contributed by atoms with Crippen LogP contribution in [0.2, 0.25) is 0 Å². The maximum atomic E-state index is 3.98. The second-order valence-corrected chi connectivity index (χ2v) is 11.8. The molecule has 2 rings (SSSR count). The molecular formula is C31H61N. The van der Waals surface area contributed by atoms with Crippen LogP contribution in [-0.2, 0) is 0 Å². The Morgan fingerprint density at radius 2 is 0.906 bits per heavy atom. The molecule has 0 spiro atoms. The van der Waals surface area contributed by atoms with Crippen LogP contribution in [0.1, 0.15) is 174 Å². The summed E-state index contributed by atoms with van der Waals surface area (Å²) >= 11 is 0. The summed E-state index contributed by atoms with van der Waals surface area (Å²) in [6, 6.07) is 0.786. The topological polar surface area (TPSA) is 12.0 Å². The van der Waals surface area contributed by atoms with Crippen molar-refractivity contribution in [3.8, 4) is 0 Å². The van der Waals surface area contributed by atoms with E-state index in [1.165, 1.54) is 173 Å². The molecule has 2 unspecified atom stereocenters. The first-order valence-corrected chi connectivity index (χ1v) is 15.6. The van der Waals surface area contributed by atoms with Gasteiger partial charge in [0.25, 0.3) is 0 Å². The number of nitrogens with one attached hydrogen (secondary N) is 1. The molecule has 1 N–H and O–H groups in total. The van der Waals surface area contributed by atoms with Gasteiger partial charge in [-0.15, -0.1) is 0 Å². The van der Waals surface area contributed by atoms with Crippen molar-refractivity contribution < 1.29 is 0 Å². The number of hydrogen-bond donors (Lipinski definition) is 1. The molecule has 2 aliphatic rings. The van der Waals surface area contributed by atoms with Crippen LogP contribution in [0.4, 0.5) is 0 Å². The fourth-order valence-electron chi connectivity index (χ4n) is 6.42. The van der Waals surface area contributed by atoms with Crippen molar-refractivity contribution >= 4 is 0 Å². The quantitative estimate of drug-likeness (QED) is 0.346. The molecule has 0 aromatic carbocycles. The summed E-state index contributed by atoms with van der Waals surface area (Å²) < 4.78 is 0. The third-order valence-corrected chi connectivity index (χ3v) is 8.78. The molecule has 2 aliphatic carbocycles. The zero-order valence-corrected chi connectivity index (χ0v) is 22.3. The maximum Gasteiger partial charge on any atom is 0.00926 e. The van der Waals surface area contributed by atoms with Gasteiger partial charge in [-0.25, -0.2) is 0 Å². The summed E-state index contributed by atoms with van der Waals surface area (Å²) in [7, 11) is 0. The van der Waals surface area contributed by atoms with Gasteiger partial charge >= 0.3 is 0 Å². The second-order valence-electron chi connectivity index (χ2n) is 11.8. The summed E-state index contributed by atoms with van der Waals surface area (Å²) in [6.45, 7) is 3.77. The summed E-state index contributed by atoms with van der Waals surface area (Å²) in [5.41, 5.74) is 0. The van der Waals surface area contributed by atoms with Crippen LogP contribution in [-0.4, -0.2) is 12.6 Å². The van der Waals surface area contributed by atoms with E-state index in [4.69, 9.17) is 0 Å². The Kier molecular flexibility index (Phi) is 17.9. The summed E-state index contributed by atoms with van der Waals surface area (Å²) in [4.78, 5) is 0. The van der Waals surface area contributed by atoms with Crippen LogP contribution < -0.4 is 5.32 Å². The Morgan fingerprint density at radius 1 is 0.469 bits per heavy atom. The number of hydrogen-bond acceptors (Lipinski definition) is 1. The molecule has 2 atom stereocenters. The van der Waals surface area contributed by atoms with Crippen molar-refractivity contribution in [2.45, 2.75) is 180 Å². The van der Waals surface area contributed by atoms with E-state index in [1.807, 2.05) is 0 Å². The van der Waals surface area contributed by atoms with E-state index >= 15 is 0 Å². The zero-order chi connectivity index (χ0) is 22.5. The summed E-state index contributed by atoms with van der Waals surface area (Å²) in [5.74, 6) is 1.92. The fourth-order valence-corrected chi connectivity index (χ4v) is 6.42. The standard InChI is InChI=1S/C31H61N/c1-29-23-17-11-6-5-9-15-21-27-31(29)32-28-22-16-10-14-20-26-30-24-18-12-7-3-2-4-8-13-19-25-30/h29-32H,2-28H2,1H3. The molecule has 1 heteroatoms. The molecule has 0 aliphatic heterocycles. The lowest BCUT2D eigenvalue weighted by atomic mass is 9.89. The van der Waals surface area contributed by atoms with Gasteiger partial charge in [0, 0.05) is 6.04 Å². The lowest BCUT2D eigenvalue weighted by Crippen LogP contribution is -2.35. The molecule has 1 nitrogen and oxygen atoms in total. The Balaban J connectivity index is 1.50. The lowest BCUT2D eigenvalue weighted by molar-refractivity contribution is 0.323. The molecule has 0 saturated heterocycles. The van der Waals surface area contributed by atoms with Gasteiger partial charge in [0.05, 0.1) is 0 Å². The molecule has 190 valence electrons. The van der Waals surface area contributed by atoms with Crippen LogP contribution in [0.3, 0.4) is 0 Å². The first-order valence-electron chi connectivity index (χ1n) is 15.6. The average molecular weight is 448 g/mol. The minimum atomic E-state index is 0.786. The van der Waals surface area contributed by atoms with Gasteiger partial charge in [-0.05, 0) is 37.6 Å². The second kappa shape index (κ2) is 20.3. The van der Waals surface area contributed by atoms with E-state index in [0.29, 0.717) is 0 Å². The monoisotopic (exact) mass is 447 g/mol. The zero-order valence-electron chi connectivity index (χ0n) is 22.3. The molecule has 0 radical (unpaired) electrons. The summed E-state index contributed by atoms with van der Waals surface area (Å²) in [5, 5.41) is 3.98. The molecule has 2 saturated carbocycles. The van der Waals surface area contributed by atoms with E-state index in [9.17, 15) is 0 Å². The first kappa shape index (κ1) is 28.2. The van der Waals surface area contributed by atoms with E-state index in [0.717, 1.165) is 17.9 Å². The molecule has 2 fully saturated rings. The molecule has 0 amide bonds. The molecule has 0 aromatic rings. The van der Waals surface area contributed by atoms with E-state index < -0.39 is 0 Å². The van der Waals surface area contributed by atoms with Crippen LogP contribution in [0.25, 0.3) is 0 Å². The fraction of sp³-hybridized carbons (Fsp3) is 1.00. The largest absolute Gasteiger partial charge is 0.314 e. The van der Waals surface area contributed by atoms with Gasteiger partial charge in [-0.3, -0.25) is 0 Å². The Hall–Kier alpha value is -0.0400. The number of rotatable bonds is 9. The van der Waals surface area contributed by atoms with Gasteiger partial charge in [0.15, 0.2) is 0 Å². The van der Waals surface area contributed by atoms with Crippen molar-refractivity contribution in [1.29, 1.82) is 0 Å². The Morgan fingerprint density at radius 3 is 1.50 bits per heavy atom. The van der Waals surface area contributed by atoms with Crippen molar-refractivity contribution in [3.05, 3.63) is 0 Å². The lowest BCUT2D eigenvalue weighted by Gasteiger charge is -2.25. The summed E-state index contributed by atoms with van der Waals surface area (Å²) in [6.07, 6.45) is 38.5. The van der Waals surface area contributed by atoms with Crippen molar-refractivity contribution in [3.63, 3.8) is 0 Å². The highest BCUT2D eigenvalue weighted by molar-refractivity contribution is 4.74. The van der Waals surface area contributed by atoms with Crippen molar-refractivity contribution in [1.82, 2.24) is 5.32 Å². The van der Waals surface area contributed by atoms with Gasteiger partial charge in [-0.1, -0.05) is 155 Å². The first-order chi connectivity index (χ1) is 15.9. The maximum absolute atomic E-state index is 3.98. The van der Waals surface area contributed by atoms with Gasteiger partial charge in [0.2, 0.25) is 0 Å². The van der Waals surface area contributed by atoms with Crippen LogP contribution in [0, 0.1) is 11.8 Å². The van der Waals surface area contributed by atoms with Crippen LogP contribution in [0.15, 0.2) is 0 Å². The highest BCUT2D eigenvalue weighted by atomic mass is 14.9. The molecule has 0 heterocycles. The van der Waals surface area contributed by atoms with Gasteiger partial charge < -0.3 is 5.32 Å². The average Bonchev–Trinajstić information content (AvgIpc) is 2.83. The van der Waals surface area contributed by atoms with Gasteiger partial charge in [0.1, 0.15) is 0 Å². The highest BCUT2D eigenvalue weighted by Gasteiger charge is 2.16. The minimum absolute atomic E-state index is 0.786. The normalized spacial score (nSPS) is 26.5. The molecule has 0 aromatic heterocycles. The van der Waals surface area contributed by atoms with Crippen LogP contribution >= 0.6 is 0 Å².